The van der Waals surface area contributed by atoms with Crippen LogP contribution in [0.1, 0.15) is 34.1 Å². The van der Waals surface area contributed by atoms with Crippen LogP contribution >= 0.6 is 0 Å². The van der Waals surface area contributed by atoms with Gasteiger partial charge in [0, 0.05) is 31.7 Å². The maximum Gasteiger partial charge on any atom is 0.230 e. The van der Waals surface area contributed by atoms with Crippen LogP contribution in [0.4, 0.5) is 0 Å². The van der Waals surface area contributed by atoms with E-state index in [-0.39, 0.29) is 12.5 Å². The molecule has 0 aromatic heterocycles. The van der Waals surface area contributed by atoms with Gasteiger partial charge in [0.25, 0.3) is 0 Å². The lowest BCUT2D eigenvalue weighted by molar-refractivity contribution is -0.143. The van der Waals surface area contributed by atoms with Crippen molar-refractivity contribution in [3.63, 3.8) is 0 Å². The van der Waals surface area contributed by atoms with E-state index in [4.69, 9.17) is 10.8 Å². The summed E-state index contributed by atoms with van der Waals surface area (Å²) in [6.45, 7) is 11.8. The molecule has 0 saturated carbocycles. The quantitative estimate of drug-likeness (QED) is 0.770. The third-order valence-corrected chi connectivity index (χ3v) is 4.44. The maximum absolute atomic E-state index is 12.7. The second-order valence-corrected chi connectivity index (χ2v) is 6.56. The molecule has 1 aliphatic heterocycles. The molecule has 112 valence electrons. The lowest BCUT2D eigenvalue weighted by Gasteiger charge is -2.40. The summed E-state index contributed by atoms with van der Waals surface area (Å²) in [6, 6.07) is 0. The number of amides is 1. The highest BCUT2D eigenvalue weighted by atomic mass is 16.3. The number of nitrogens with zero attached hydrogens (tertiary/aromatic N) is 2. The van der Waals surface area contributed by atoms with E-state index in [9.17, 15) is 4.79 Å². The molecule has 5 heteroatoms. The third kappa shape index (κ3) is 3.91. The predicted octanol–water partition coefficient (Wildman–Crippen LogP) is 0.277. The molecular formula is C14H29N3O2. The molecule has 0 spiro atoms. The zero-order valence-corrected chi connectivity index (χ0v) is 12.8. The van der Waals surface area contributed by atoms with Gasteiger partial charge < -0.3 is 15.7 Å². The van der Waals surface area contributed by atoms with Crippen molar-refractivity contribution >= 4 is 5.91 Å². The van der Waals surface area contributed by atoms with Crippen molar-refractivity contribution in [2.45, 2.75) is 39.7 Å². The summed E-state index contributed by atoms with van der Waals surface area (Å²) in [5.74, 6) is 0.130. The van der Waals surface area contributed by atoms with E-state index < -0.39 is 11.0 Å². The van der Waals surface area contributed by atoms with Gasteiger partial charge in [-0.2, -0.15) is 0 Å². The fourth-order valence-corrected chi connectivity index (χ4v) is 2.21. The summed E-state index contributed by atoms with van der Waals surface area (Å²) in [7, 11) is 0. The third-order valence-electron chi connectivity index (χ3n) is 4.44. The Morgan fingerprint density at radius 2 is 1.79 bits per heavy atom. The number of aliphatic hydroxyl groups excluding tert-OH is 1. The molecule has 0 aliphatic carbocycles. The molecule has 0 aromatic rings. The number of carbonyl (C=O) groups excluding carboxylic acids is 1. The van der Waals surface area contributed by atoms with Crippen molar-refractivity contribution in [2.75, 3.05) is 39.3 Å². The summed E-state index contributed by atoms with van der Waals surface area (Å²) in [4.78, 5) is 16.8. The minimum atomic E-state index is -0.570. The standard InChI is InChI=1S/C14H29N3O2/c1-13(2,14(3,4)15)12(19)17-7-5-6-16(8-9-17)10-11-18/h18H,5-11,15H2,1-4H3. The van der Waals surface area contributed by atoms with Crippen LogP contribution in [-0.4, -0.2) is 65.7 Å². The fourth-order valence-electron chi connectivity index (χ4n) is 2.21. The lowest BCUT2D eigenvalue weighted by atomic mass is 9.74. The highest BCUT2D eigenvalue weighted by Gasteiger charge is 2.42. The molecule has 5 nitrogen and oxygen atoms in total. The van der Waals surface area contributed by atoms with Crippen molar-refractivity contribution in [3.8, 4) is 0 Å². The Morgan fingerprint density at radius 3 is 2.32 bits per heavy atom. The van der Waals surface area contributed by atoms with Gasteiger partial charge in [-0.1, -0.05) is 0 Å². The smallest absolute Gasteiger partial charge is 0.230 e. The number of hydrogen-bond donors (Lipinski definition) is 2. The van der Waals surface area contributed by atoms with Gasteiger partial charge >= 0.3 is 0 Å². The average molecular weight is 271 g/mol. The summed E-state index contributed by atoms with van der Waals surface area (Å²) in [6.07, 6.45) is 0.951. The summed E-state index contributed by atoms with van der Waals surface area (Å²) in [5, 5.41) is 8.98. The molecule has 0 radical (unpaired) electrons. The first-order valence-corrected chi connectivity index (χ1v) is 7.11. The van der Waals surface area contributed by atoms with Crippen LogP contribution < -0.4 is 5.73 Å². The van der Waals surface area contributed by atoms with Gasteiger partial charge in [0.1, 0.15) is 0 Å². The number of hydrogen-bond acceptors (Lipinski definition) is 4. The molecule has 1 heterocycles. The van der Waals surface area contributed by atoms with Gasteiger partial charge in [0.15, 0.2) is 0 Å². The molecule has 1 saturated heterocycles. The maximum atomic E-state index is 12.7. The molecule has 1 rings (SSSR count). The average Bonchev–Trinajstić information content (AvgIpc) is 2.52. The first-order valence-electron chi connectivity index (χ1n) is 7.11. The number of carbonyl (C=O) groups is 1. The second-order valence-electron chi connectivity index (χ2n) is 6.56. The molecule has 0 aromatic carbocycles. The van der Waals surface area contributed by atoms with Gasteiger partial charge in [-0.3, -0.25) is 9.69 Å². The summed E-state index contributed by atoms with van der Waals surface area (Å²) < 4.78 is 0. The minimum Gasteiger partial charge on any atom is -0.395 e. The van der Waals surface area contributed by atoms with Crippen LogP contribution in [0.15, 0.2) is 0 Å². The number of aliphatic hydroxyl groups is 1. The van der Waals surface area contributed by atoms with Crippen LogP contribution in [0.25, 0.3) is 0 Å². The van der Waals surface area contributed by atoms with Gasteiger partial charge in [-0.05, 0) is 40.7 Å². The molecule has 0 atom stereocenters. The lowest BCUT2D eigenvalue weighted by Crippen LogP contribution is -2.57. The van der Waals surface area contributed by atoms with E-state index in [1.54, 1.807) is 0 Å². The fraction of sp³-hybridized carbons (Fsp3) is 0.929. The van der Waals surface area contributed by atoms with E-state index in [0.717, 1.165) is 32.6 Å². The molecule has 0 unspecified atom stereocenters. The van der Waals surface area contributed by atoms with Gasteiger partial charge in [-0.25, -0.2) is 0 Å². The Bertz CT molecular complexity index is 310. The van der Waals surface area contributed by atoms with E-state index in [1.807, 2.05) is 32.6 Å². The summed E-state index contributed by atoms with van der Waals surface area (Å²) >= 11 is 0. The molecule has 3 N–H and O–H groups in total. The first kappa shape index (κ1) is 16.4. The van der Waals surface area contributed by atoms with Crippen LogP contribution in [0.5, 0.6) is 0 Å². The van der Waals surface area contributed by atoms with Crippen molar-refractivity contribution < 1.29 is 9.90 Å². The highest BCUT2D eigenvalue weighted by Crippen LogP contribution is 2.30. The molecular weight excluding hydrogens is 242 g/mol. The Kier molecular flexibility index (Phi) is 5.35. The van der Waals surface area contributed by atoms with Gasteiger partial charge in [0.2, 0.25) is 5.91 Å². The molecule has 0 bridgehead atoms. The second kappa shape index (κ2) is 6.20. The van der Waals surface area contributed by atoms with Crippen LogP contribution in [0.3, 0.4) is 0 Å². The normalized spacial score (nSPS) is 19.4. The minimum absolute atomic E-state index is 0.130. The Balaban J connectivity index is 2.68. The molecule has 1 aliphatic rings. The topological polar surface area (TPSA) is 69.8 Å². The van der Waals surface area contributed by atoms with Gasteiger partial charge in [0.05, 0.1) is 12.0 Å². The van der Waals surface area contributed by atoms with Crippen LogP contribution in [0.2, 0.25) is 0 Å². The number of nitrogens with two attached hydrogens (primary N) is 1. The summed E-state index contributed by atoms with van der Waals surface area (Å²) in [5.41, 5.74) is 5.03. The molecule has 1 fully saturated rings. The van der Waals surface area contributed by atoms with Crippen molar-refractivity contribution in [1.82, 2.24) is 9.80 Å². The van der Waals surface area contributed by atoms with Crippen LogP contribution in [-0.2, 0) is 4.79 Å². The molecule has 19 heavy (non-hydrogen) atoms. The molecule has 1 amide bonds. The van der Waals surface area contributed by atoms with E-state index >= 15 is 0 Å². The number of β-amino-alcohol motifs (C(OH)–C–C–N with tert-alkyl or cyclic N) is 1. The van der Waals surface area contributed by atoms with Crippen molar-refractivity contribution in [3.05, 3.63) is 0 Å². The van der Waals surface area contributed by atoms with E-state index in [0.29, 0.717) is 6.54 Å². The first-order chi connectivity index (χ1) is 8.70. The Labute approximate surface area is 116 Å². The van der Waals surface area contributed by atoms with Crippen molar-refractivity contribution in [2.24, 2.45) is 11.1 Å². The zero-order chi connectivity index (χ0) is 14.7. The number of rotatable bonds is 4. The Morgan fingerprint density at radius 1 is 1.16 bits per heavy atom. The monoisotopic (exact) mass is 271 g/mol. The van der Waals surface area contributed by atoms with Gasteiger partial charge in [-0.15, -0.1) is 0 Å². The zero-order valence-electron chi connectivity index (χ0n) is 12.8. The van der Waals surface area contributed by atoms with E-state index in [1.165, 1.54) is 0 Å². The van der Waals surface area contributed by atoms with E-state index in [2.05, 4.69) is 4.90 Å². The SMILES string of the molecule is CC(C)(N)C(C)(C)C(=O)N1CCCN(CCO)CC1. The van der Waals surface area contributed by atoms with Crippen molar-refractivity contribution in [1.29, 1.82) is 0 Å². The highest BCUT2D eigenvalue weighted by molar-refractivity contribution is 5.83. The largest absolute Gasteiger partial charge is 0.395 e. The Hall–Kier alpha value is -0.650. The predicted molar refractivity (Wildman–Crippen MR) is 76.8 cm³/mol. The van der Waals surface area contributed by atoms with Crippen LogP contribution in [0, 0.1) is 5.41 Å².